The van der Waals surface area contributed by atoms with Crippen LogP contribution in [0.1, 0.15) is 11.1 Å². The number of aryl methyl sites for hydroxylation is 2. The Balaban J connectivity index is 2.20. The number of rotatable bonds is 6. The van der Waals surface area contributed by atoms with Crippen LogP contribution in [0.5, 0.6) is 5.75 Å². The van der Waals surface area contributed by atoms with Crippen molar-refractivity contribution in [1.82, 2.24) is 0 Å². The molecule has 0 fully saturated rings. The van der Waals surface area contributed by atoms with E-state index in [-0.39, 0.29) is 18.1 Å². The molecule has 118 valence electrons. The summed E-state index contributed by atoms with van der Waals surface area (Å²) >= 11 is 0. The average Bonchev–Trinajstić information content (AvgIpc) is 2.48. The van der Waals surface area contributed by atoms with Crippen LogP contribution in [0.3, 0.4) is 0 Å². The summed E-state index contributed by atoms with van der Waals surface area (Å²) in [6.07, 6.45) is 0. The first kappa shape index (κ1) is 16.3. The molecule has 2 aromatic carbocycles. The fraction of sp³-hybridized carbons (Fsp3) is 0.250. The summed E-state index contributed by atoms with van der Waals surface area (Å²) < 4.78 is 32.6. The van der Waals surface area contributed by atoms with E-state index < -0.39 is 10.0 Å². The van der Waals surface area contributed by atoms with Crippen LogP contribution >= 0.6 is 0 Å². The number of nitrogens with one attached hydrogen (secondary N) is 1. The maximum Gasteiger partial charge on any atom is 0.261 e. The van der Waals surface area contributed by atoms with Crippen molar-refractivity contribution in [3.63, 3.8) is 0 Å². The fourth-order valence-corrected chi connectivity index (χ4v) is 3.06. The van der Waals surface area contributed by atoms with Crippen LogP contribution in [-0.2, 0) is 10.0 Å². The van der Waals surface area contributed by atoms with Gasteiger partial charge in [0.25, 0.3) is 10.0 Å². The lowest BCUT2D eigenvalue weighted by Crippen LogP contribution is -2.13. The molecular weight excluding hydrogens is 302 g/mol. The van der Waals surface area contributed by atoms with E-state index in [1.807, 2.05) is 6.92 Å². The van der Waals surface area contributed by atoms with Crippen LogP contribution < -0.4 is 9.46 Å². The van der Waals surface area contributed by atoms with Crippen molar-refractivity contribution >= 4 is 15.7 Å². The molecule has 0 saturated heterocycles. The molecule has 2 rings (SSSR count). The van der Waals surface area contributed by atoms with Gasteiger partial charge in [-0.15, -0.1) is 0 Å². The Hall–Kier alpha value is -2.05. The standard InChI is InChI=1S/C16H19NO4S/c1-12-3-6-15(7-4-12)22(19,20)17-16-8-5-14(11-13(16)2)21-10-9-18/h3-8,11,17-18H,9-10H2,1-2H3. The molecule has 2 N–H and O–H groups in total. The van der Waals surface area contributed by atoms with Gasteiger partial charge in [0, 0.05) is 0 Å². The summed E-state index contributed by atoms with van der Waals surface area (Å²) in [5.74, 6) is 0.588. The van der Waals surface area contributed by atoms with Gasteiger partial charge in [-0.05, 0) is 49.7 Å². The molecule has 0 spiro atoms. The normalized spacial score (nSPS) is 11.2. The largest absolute Gasteiger partial charge is 0.491 e. The van der Waals surface area contributed by atoms with Crippen molar-refractivity contribution in [2.45, 2.75) is 18.7 Å². The van der Waals surface area contributed by atoms with Gasteiger partial charge in [0.15, 0.2) is 0 Å². The number of sulfonamides is 1. The number of aliphatic hydroxyl groups is 1. The van der Waals surface area contributed by atoms with Crippen molar-refractivity contribution in [2.24, 2.45) is 0 Å². The Morgan fingerprint density at radius 1 is 1.09 bits per heavy atom. The summed E-state index contributed by atoms with van der Waals surface area (Å²) in [5, 5.41) is 8.73. The Bertz CT molecular complexity index is 739. The fourth-order valence-electron chi connectivity index (χ4n) is 1.93. The minimum atomic E-state index is -3.61. The highest BCUT2D eigenvalue weighted by Crippen LogP contribution is 2.24. The van der Waals surface area contributed by atoms with Crippen LogP contribution in [0.2, 0.25) is 0 Å². The second-order valence-electron chi connectivity index (χ2n) is 4.97. The van der Waals surface area contributed by atoms with Gasteiger partial charge >= 0.3 is 0 Å². The molecule has 5 nitrogen and oxygen atoms in total. The van der Waals surface area contributed by atoms with Crippen LogP contribution in [0.15, 0.2) is 47.4 Å². The molecule has 0 radical (unpaired) electrons. The maximum atomic E-state index is 12.3. The van der Waals surface area contributed by atoms with E-state index in [1.54, 1.807) is 49.4 Å². The first-order valence-corrected chi connectivity index (χ1v) is 8.34. The van der Waals surface area contributed by atoms with Crippen molar-refractivity contribution in [3.8, 4) is 5.75 Å². The van der Waals surface area contributed by atoms with Crippen molar-refractivity contribution in [3.05, 3.63) is 53.6 Å². The summed E-state index contributed by atoms with van der Waals surface area (Å²) in [7, 11) is -3.61. The molecule has 22 heavy (non-hydrogen) atoms. The number of hydrogen-bond acceptors (Lipinski definition) is 4. The molecule has 0 bridgehead atoms. The van der Waals surface area contributed by atoms with E-state index in [2.05, 4.69) is 4.72 Å². The van der Waals surface area contributed by atoms with Crippen LogP contribution in [0.25, 0.3) is 0 Å². The maximum absolute atomic E-state index is 12.3. The van der Waals surface area contributed by atoms with Crippen molar-refractivity contribution < 1.29 is 18.3 Å². The summed E-state index contributed by atoms with van der Waals surface area (Å²) in [6, 6.07) is 11.7. The molecule has 0 atom stereocenters. The molecule has 0 amide bonds. The second-order valence-corrected chi connectivity index (χ2v) is 6.65. The molecule has 0 unspecified atom stereocenters. The zero-order valence-electron chi connectivity index (χ0n) is 12.5. The smallest absolute Gasteiger partial charge is 0.261 e. The van der Waals surface area contributed by atoms with Gasteiger partial charge in [-0.2, -0.15) is 0 Å². The SMILES string of the molecule is Cc1ccc(S(=O)(=O)Nc2ccc(OCCO)cc2C)cc1. The second kappa shape index (κ2) is 6.81. The highest BCUT2D eigenvalue weighted by molar-refractivity contribution is 7.92. The monoisotopic (exact) mass is 321 g/mol. The third-order valence-electron chi connectivity index (χ3n) is 3.13. The predicted molar refractivity (Wildman–Crippen MR) is 85.7 cm³/mol. The average molecular weight is 321 g/mol. The van der Waals surface area contributed by atoms with Gasteiger partial charge in [0.05, 0.1) is 17.2 Å². The highest BCUT2D eigenvalue weighted by atomic mass is 32.2. The van der Waals surface area contributed by atoms with Gasteiger partial charge in [-0.1, -0.05) is 17.7 Å². The summed E-state index contributed by atoms with van der Waals surface area (Å²) in [4.78, 5) is 0.220. The summed E-state index contributed by atoms with van der Waals surface area (Å²) in [6.45, 7) is 3.83. The van der Waals surface area contributed by atoms with Crippen LogP contribution in [-0.4, -0.2) is 26.7 Å². The molecule has 0 aliphatic carbocycles. The van der Waals surface area contributed by atoms with Crippen molar-refractivity contribution in [1.29, 1.82) is 0 Å². The molecular formula is C16H19NO4S. The van der Waals surface area contributed by atoms with E-state index >= 15 is 0 Å². The zero-order chi connectivity index (χ0) is 16.2. The Morgan fingerprint density at radius 3 is 2.36 bits per heavy atom. The van der Waals surface area contributed by atoms with E-state index in [1.165, 1.54) is 0 Å². The third kappa shape index (κ3) is 3.99. The Labute approximate surface area is 130 Å². The van der Waals surface area contributed by atoms with Gasteiger partial charge in [0.2, 0.25) is 0 Å². The van der Waals surface area contributed by atoms with E-state index in [9.17, 15) is 8.42 Å². The highest BCUT2D eigenvalue weighted by Gasteiger charge is 2.15. The van der Waals surface area contributed by atoms with Gasteiger partial charge in [-0.3, -0.25) is 4.72 Å². The first-order valence-electron chi connectivity index (χ1n) is 6.86. The lowest BCUT2D eigenvalue weighted by Gasteiger charge is -2.12. The Kier molecular flexibility index (Phi) is 5.05. The van der Waals surface area contributed by atoms with Crippen molar-refractivity contribution in [2.75, 3.05) is 17.9 Å². The number of ether oxygens (including phenoxy) is 1. The molecule has 0 aromatic heterocycles. The quantitative estimate of drug-likeness (QED) is 0.857. The lowest BCUT2D eigenvalue weighted by atomic mass is 10.2. The van der Waals surface area contributed by atoms with Crippen LogP contribution in [0, 0.1) is 13.8 Å². The number of aliphatic hydroxyl groups excluding tert-OH is 1. The Morgan fingerprint density at radius 2 is 1.77 bits per heavy atom. The van der Waals surface area contributed by atoms with Gasteiger partial charge < -0.3 is 9.84 Å². The van der Waals surface area contributed by atoms with Gasteiger partial charge in [0.1, 0.15) is 12.4 Å². The first-order chi connectivity index (χ1) is 10.4. The minimum absolute atomic E-state index is 0.0686. The lowest BCUT2D eigenvalue weighted by molar-refractivity contribution is 0.201. The number of hydrogen-bond donors (Lipinski definition) is 2. The van der Waals surface area contributed by atoms with Crippen LogP contribution in [0.4, 0.5) is 5.69 Å². The number of benzene rings is 2. The summed E-state index contributed by atoms with van der Waals surface area (Å²) in [5.41, 5.74) is 2.24. The van der Waals surface area contributed by atoms with E-state index in [0.717, 1.165) is 11.1 Å². The molecule has 6 heteroatoms. The molecule has 0 saturated carbocycles. The number of anilines is 1. The molecule has 0 heterocycles. The van der Waals surface area contributed by atoms with E-state index in [0.29, 0.717) is 11.4 Å². The topological polar surface area (TPSA) is 75.6 Å². The van der Waals surface area contributed by atoms with Gasteiger partial charge in [-0.25, -0.2) is 8.42 Å². The molecule has 2 aromatic rings. The molecule has 0 aliphatic rings. The minimum Gasteiger partial charge on any atom is -0.491 e. The predicted octanol–water partition coefficient (Wildman–Crippen LogP) is 2.48. The third-order valence-corrected chi connectivity index (χ3v) is 4.51. The zero-order valence-corrected chi connectivity index (χ0v) is 13.4. The molecule has 0 aliphatic heterocycles. The van der Waals surface area contributed by atoms with E-state index in [4.69, 9.17) is 9.84 Å².